The van der Waals surface area contributed by atoms with Crippen LogP contribution in [0.4, 0.5) is 0 Å². The number of nitrogens with one attached hydrogen (secondary N) is 1. The third kappa shape index (κ3) is 3.61. The number of aromatic nitrogens is 2. The van der Waals surface area contributed by atoms with Gasteiger partial charge < -0.3 is 14.6 Å². The SMILES string of the molecule is Cc1ccc2ncc(CNCCN3CCN(C)CC3)n2c1. The number of fused-ring (bicyclic) bond motifs is 1. The van der Waals surface area contributed by atoms with Gasteiger partial charge in [0.25, 0.3) is 0 Å². The highest BCUT2D eigenvalue weighted by atomic mass is 15.2. The summed E-state index contributed by atoms with van der Waals surface area (Å²) in [6.07, 6.45) is 4.12. The first-order valence-electron chi connectivity index (χ1n) is 7.76. The van der Waals surface area contributed by atoms with E-state index < -0.39 is 0 Å². The summed E-state index contributed by atoms with van der Waals surface area (Å²) < 4.78 is 2.18. The molecule has 2 aromatic heterocycles. The van der Waals surface area contributed by atoms with E-state index in [9.17, 15) is 0 Å². The number of piperazine rings is 1. The van der Waals surface area contributed by atoms with E-state index in [1.807, 2.05) is 6.20 Å². The summed E-state index contributed by atoms with van der Waals surface area (Å²) in [5, 5.41) is 3.54. The lowest BCUT2D eigenvalue weighted by atomic mass is 10.3. The molecule has 5 heteroatoms. The first kappa shape index (κ1) is 14.5. The van der Waals surface area contributed by atoms with Crippen LogP contribution in [0.1, 0.15) is 11.3 Å². The molecule has 5 nitrogen and oxygen atoms in total. The van der Waals surface area contributed by atoms with E-state index >= 15 is 0 Å². The summed E-state index contributed by atoms with van der Waals surface area (Å²) in [7, 11) is 2.20. The molecule has 0 aliphatic carbocycles. The summed E-state index contributed by atoms with van der Waals surface area (Å²) in [6.45, 7) is 9.90. The lowest BCUT2D eigenvalue weighted by Crippen LogP contribution is -2.46. The van der Waals surface area contributed by atoms with Gasteiger partial charge in [0.05, 0.1) is 11.9 Å². The predicted molar refractivity (Wildman–Crippen MR) is 85.6 cm³/mol. The number of likely N-dealkylation sites (N-methyl/N-ethyl adjacent to an activating group) is 1. The van der Waals surface area contributed by atoms with Crippen LogP contribution in [0.15, 0.2) is 24.5 Å². The van der Waals surface area contributed by atoms with Crippen LogP contribution < -0.4 is 5.32 Å². The Morgan fingerprint density at radius 3 is 2.81 bits per heavy atom. The molecule has 1 N–H and O–H groups in total. The van der Waals surface area contributed by atoms with Gasteiger partial charge in [-0.05, 0) is 25.6 Å². The van der Waals surface area contributed by atoms with Crippen molar-refractivity contribution < 1.29 is 0 Å². The zero-order valence-electron chi connectivity index (χ0n) is 13.0. The van der Waals surface area contributed by atoms with Crippen molar-refractivity contribution >= 4 is 5.65 Å². The molecule has 0 saturated carbocycles. The van der Waals surface area contributed by atoms with Crippen molar-refractivity contribution in [2.45, 2.75) is 13.5 Å². The Balaban J connectivity index is 1.47. The molecule has 21 heavy (non-hydrogen) atoms. The van der Waals surface area contributed by atoms with E-state index in [2.05, 4.69) is 56.8 Å². The molecule has 1 aliphatic heterocycles. The van der Waals surface area contributed by atoms with E-state index in [1.54, 1.807) is 0 Å². The normalized spacial score (nSPS) is 17.6. The summed E-state index contributed by atoms with van der Waals surface area (Å²) in [6, 6.07) is 4.18. The lowest BCUT2D eigenvalue weighted by molar-refractivity contribution is 0.154. The second-order valence-corrected chi connectivity index (χ2v) is 6.01. The fourth-order valence-electron chi connectivity index (χ4n) is 2.79. The van der Waals surface area contributed by atoms with Crippen molar-refractivity contribution in [1.82, 2.24) is 24.5 Å². The molecule has 114 valence electrons. The largest absolute Gasteiger partial charge is 0.310 e. The molecule has 1 fully saturated rings. The van der Waals surface area contributed by atoms with Crippen LogP contribution in [0.2, 0.25) is 0 Å². The van der Waals surface area contributed by atoms with Gasteiger partial charge in [0, 0.05) is 52.0 Å². The molecule has 0 spiro atoms. The maximum atomic E-state index is 4.44. The minimum absolute atomic E-state index is 0.873. The molecule has 3 heterocycles. The highest BCUT2D eigenvalue weighted by Gasteiger charge is 2.12. The second kappa shape index (κ2) is 6.56. The number of nitrogens with zero attached hydrogens (tertiary/aromatic N) is 4. The highest BCUT2D eigenvalue weighted by Crippen LogP contribution is 2.08. The molecule has 0 amide bonds. The fourth-order valence-corrected chi connectivity index (χ4v) is 2.79. The van der Waals surface area contributed by atoms with Gasteiger partial charge in [-0.25, -0.2) is 4.98 Å². The van der Waals surface area contributed by atoms with E-state index in [4.69, 9.17) is 0 Å². The van der Waals surface area contributed by atoms with Crippen LogP contribution in [0.25, 0.3) is 5.65 Å². The second-order valence-electron chi connectivity index (χ2n) is 6.01. The summed E-state index contributed by atoms with van der Waals surface area (Å²) >= 11 is 0. The van der Waals surface area contributed by atoms with E-state index in [0.717, 1.165) is 25.3 Å². The summed E-state index contributed by atoms with van der Waals surface area (Å²) in [5.41, 5.74) is 3.52. The smallest absolute Gasteiger partial charge is 0.136 e. The summed E-state index contributed by atoms with van der Waals surface area (Å²) in [5.74, 6) is 0. The number of hydrogen-bond donors (Lipinski definition) is 1. The molecule has 1 aliphatic rings. The van der Waals surface area contributed by atoms with Gasteiger partial charge in [0.15, 0.2) is 0 Å². The first-order chi connectivity index (χ1) is 10.2. The maximum absolute atomic E-state index is 4.44. The third-order valence-corrected chi connectivity index (χ3v) is 4.24. The average Bonchev–Trinajstić information content (AvgIpc) is 2.88. The van der Waals surface area contributed by atoms with Gasteiger partial charge in [-0.15, -0.1) is 0 Å². The van der Waals surface area contributed by atoms with Crippen LogP contribution in [-0.2, 0) is 6.54 Å². The molecular weight excluding hydrogens is 262 g/mol. The molecule has 3 rings (SSSR count). The molecule has 0 aromatic carbocycles. The van der Waals surface area contributed by atoms with Crippen LogP contribution in [0.3, 0.4) is 0 Å². The lowest BCUT2D eigenvalue weighted by Gasteiger charge is -2.32. The van der Waals surface area contributed by atoms with Crippen molar-refractivity contribution in [3.8, 4) is 0 Å². The van der Waals surface area contributed by atoms with Crippen molar-refractivity contribution in [2.24, 2.45) is 0 Å². The molecule has 0 bridgehead atoms. The molecule has 2 aromatic rings. The number of pyridine rings is 1. The van der Waals surface area contributed by atoms with Gasteiger partial charge in [0.1, 0.15) is 5.65 Å². The Morgan fingerprint density at radius 1 is 1.19 bits per heavy atom. The zero-order valence-corrected chi connectivity index (χ0v) is 13.0. The Labute approximate surface area is 126 Å². The van der Waals surface area contributed by atoms with Gasteiger partial charge in [-0.1, -0.05) is 6.07 Å². The fraction of sp³-hybridized carbons (Fsp3) is 0.562. The number of imidazole rings is 1. The average molecular weight is 287 g/mol. The number of aryl methyl sites for hydroxylation is 1. The first-order valence-corrected chi connectivity index (χ1v) is 7.76. The molecule has 0 unspecified atom stereocenters. The quantitative estimate of drug-likeness (QED) is 0.832. The van der Waals surface area contributed by atoms with Crippen LogP contribution in [0, 0.1) is 6.92 Å². The minimum atomic E-state index is 0.873. The topological polar surface area (TPSA) is 35.8 Å². The van der Waals surface area contributed by atoms with Crippen LogP contribution in [0.5, 0.6) is 0 Å². The molecule has 0 atom stereocenters. The van der Waals surface area contributed by atoms with Gasteiger partial charge >= 0.3 is 0 Å². The van der Waals surface area contributed by atoms with Crippen molar-refractivity contribution in [1.29, 1.82) is 0 Å². The molecule has 0 radical (unpaired) electrons. The van der Waals surface area contributed by atoms with Crippen molar-refractivity contribution in [2.75, 3.05) is 46.3 Å². The third-order valence-electron chi connectivity index (χ3n) is 4.24. The zero-order chi connectivity index (χ0) is 14.7. The Bertz CT molecular complexity index is 583. The standard InChI is InChI=1S/C16H25N5/c1-14-3-4-16-18-12-15(21(16)13-14)11-17-5-6-20-9-7-19(2)8-10-20/h3-4,12-13,17H,5-11H2,1-2H3. The Morgan fingerprint density at radius 2 is 2.00 bits per heavy atom. The predicted octanol–water partition coefficient (Wildman–Crippen LogP) is 0.980. The van der Waals surface area contributed by atoms with Crippen molar-refractivity contribution in [3.05, 3.63) is 35.8 Å². The van der Waals surface area contributed by atoms with E-state index in [1.165, 1.54) is 37.4 Å². The number of hydrogen-bond acceptors (Lipinski definition) is 4. The van der Waals surface area contributed by atoms with Crippen LogP contribution in [-0.4, -0.2) is 65.5 Å². The van der Waals surface area contributed by atoms with E-state index in [0.29, 0.717) is 0 Å². The Kier molecular flexibility index (Phi) is 4.53. The van der Waals surface area contributed by atoms with E-state index in [-0.39, 0.29) is 0 Å². The monoisotopic (exact) mass is 287 g/mol. The van der Waals surface area contributed by atoms with Crippen molar-refractivity contribution in [3.63, 3.8) is 0 Å². The van der Waals surface area contributed by atoms with Gasteiger partial charge in [-0.2, -0.15) is 0 Å². The minimum Gasteiger partial charge on any atom is -0.310 e. The molecular formula is C16H25N5. The highest BCUT2D eigenvalue weighted by molar-refractivity contribution is 5.41. The van der Waals surface area contributed by atoms with Crippen LogP contribution >= 0.6 is 0 Å². The number of rotatable bonds is 5. The molecule has 1 saturated heterocycles. The van der Waals surface area contributed by atoms with Gasteiger partial charge in [0.2, 0.25) is 0 Å². The summed E-state index contributed by atoms with van der Waals surface area (Å²) in [4.78, 5) is 9.37. The maximum Gasteiger partial charge on any atom is 0.136 e. The Hall–Kier alpha value is -1.43. The van der Waals surface area contributed by atoms with Gasteiger partial charge in [-0.3, -0.25) is 4.90 Å².